The van der Waals surface area contributed by atoms with Gasteiger partial charge in [-0.3, -0.25) is 0 Å². The lowest BCUT2D eigenvalue weighted by atomic mass is 10.2. The normalized spacial score (nSPS) is 11.5. The number of hydrogen-bond donors (Lipinski definition) is 1. The Bertz CT molecular complexity index is 785. The van der Waals surface area contributed by atoms with Gasteiger partial charge in [-0.15, -0.1) is 10.2 Å². The van der Waals surface area contributed by atoms with Gasteiger partial charge in [-0.2, -0.15) is 0 Å². The van der Waals surface area contributed by atoms with E-state index in [2.05, 4.69) is 26.1 Å². The predicted molar refractivity (Wildman–Crippen MR) is 75.7 cm³/mol. The summed E-state index contributed by atoms with van der Waals surface area (Å²) in [6, 6.07) is 3.80. The number of benzene rings is 1. The van der Waals surface area contributed by atoms with Gasteiger partial charge in [-0.25, -0.2) is 13.2 Å². The number of aryl methyl sites for hydroxylation is 1. The van der Waals surface area contributed by atoms with E-state index in [-0.39, 0.29) is 16.3 Å². The monoisotopic (exact) mass is 374 g/mol. The maximum atomic E-state index is 12.2. The van der Waals surface area contributed by atoms with Crippen LogP contribution in [0.3, 0.4) is 0 Å². The first kappa shape index (κ1) is 15.6. The van der Waals surface area contributed by atoms with E-state index in [4.69, 9.17) is 9.52 Å². The van der Waals surface area contributed by atoms with Crippen LogP contribution in [0.25, 0.3) is 0 Å². The summed E-state index contributed by atoms with van der Waals surface area (Å²) in [5.41, 5.74) is -0.129. The van der Waals surface area contributed by atoms with Gasteiger partial charge in [0.2, 0.25) is 11.8 Å². The van der Waals surface area contributed by atoms with Crippen LogP contribution in [-0.2, 0) is 22.0 Å². The Morgan fingerprint density at radius 3 is 2.57 bits per heavy atom. The lowest BCUT2D eigenvalue weighted by molar-refractivity contribution is 0.0695. The molecule has 0 aliphatic rings. The fourth-order valence-electron chi connectivity index (χ4n) is 1.60. The largest absolute Gasteiger partial charge is 0.478 e. The lowest BCUT2D eigenvalue weighted by Gasteiger charge is -2.05. The number of hydrogen-bond acceptors (Lipinski definition) is 6. The van der Waals surface area contributed by atoms with Crippen LogP contribution in [0, 0.1) is 0 Å². The van der Waals surface area contributed by atoms with Gasteiger partial charge in [0.15, 0.2) is 9.84 Å². The summed E-state index contributed by atoms with van der Waals surface area (Å²) in [4.78, 5) is 10.9. The summed E-state index contributed by atoms with van der Waals surface area (Å²) in [7, 11) is -3.76. The average molecular weight is 375 g/mol. The van der Waals surface area contributed by atoms with Crippen LogP contribution in [0.5, 0.6) is 0 Å². The molecule has 2 rings (SSSR count). The molecular formula is C12H11BrN2O5S. The molecule has 0 bridgehead atoms. The van der Waals surface area contributed by atoms with E-state index in [0.717, 1.165) is 6.07 Å². The van der Waals surface area contributed by atoms with Crippen LogP contribution >= 0.6 is 15.9 Å². The van der Waals surface area contributed by atoms with E-state index in [1.54, 1.807) is 6.92 Å². The highest BCUT2D eigenvalue weighted by Crippen LogP contribution is 2.23. The number of aromatic carboxylic acids is 1. The van der Waals surface area contributed by atoms with Gasteiger partial charge in [0.25, 0.3) is 0 Å². The van der Waals surface area contributed by atoms with Crippen LogP contribution in [-0.4, -0.2) is 29.7 Å². The summed E-state index contributed by atoms with van der Waals surface area (Å²) < 4.78 is 30.0. The zero-order valence-corrected chi connectivity index (χ0v) is 13.3. The molecule has 1 N–H and O–H groups in total. The summed E-state index contributed by atoms with van der Waals surface area (Å²) in [5.74, 6) is -1.36. The Morgan fingerprint density at radius 1 is 1.33 bits per heavy atom. The first-order valence-corrected chi connectivity index (χ1v) is 8.35. The van der Waals surface area contributed by atoms with Crippen LogP contribution in [0.4, 0.5) is 0 Å². The molecule has 0 saturated carbocycles. The van der Waals surface area contributed by atoms with Crippen molar-refractivity contribution in [3.63, 3.8) is 0 Å². The van der Waals surface area contributed by atoms with Crippen molar-refractivity contribution in [1.29, 1.82) is 0 Å². The van der Waals surface area contributed by atoms with Crippen LogP contribution < -0.4 is 0 Å². The number of sulfone groups is 1. The first-order valence-electron chi connectivity index (χ1n) is 5.90. The van der Waals surface area contributed by atoms with Crippen molar-refractivity contribution in [3.05, 3.63) is 40.0 Å². The number of aromatic nitrogens is 2. The second kappa shape index (κ2) is 5.94. The zero-order valence-electron chi connectivity index (χ0n) is 10.9. The second-order valence-electron chi connectivity index (χ2n) is 4.15. The van der Waals surface area contributed by atoms with E-state index in [1.165, 1.54) is 12.1 Å². The fraction of sp³-hybridized carbons (Fsp3) is 0.250. The van der Waals surface area contributed by atoms with Crippen LogP contribution in [0.1, 0.15) is 29.1 Å². The number of halogens is 1. The van der Waals surface area contributed by atoms with Crippen molar-refractivity contribution < 1.29 is 22.7 Å². The SMILES string of the molecule is CCc1nnc(CS(=O)(=O)c2ccc(Br)c(C(=O)O)c2)o1. The van der Waals surface area contributed by atoms with Crippen molar-refractivity contribution in [2.24, 2.45) is 0 Å². The Labute approximate surface area is 129 Å². The number of nitrogens with zero attached hydrogens (tertiary/aromatic N) is 2. The maximum Gasteiger partial charge on any atom is 0.336 e. The molecule has 0 fully saturated rings. The quantitative estimate of drug-likeness (QED) is 0.852. The second-order valence-corrected chi connectivity index (χ2v) is 6.99. The maximum absolute atomic E-state index is 12.2. The van der Waals surface area contributed by atoms with Crippen molar-refractivity contribution in [1.82, 2.24) is 10.2 Å². The summed E-state index contributed by atoms with van der Waals surface area (Å²) >= 11 is 3.06. The molecule has 112 valence electrons. The van der Waals surface area contributed by atoms with Crippen LogP contribution in [0.15, 0.2) is 32.0 Å². The van der Waals surface area contributed by atoms with E-state index in [0.29, 0.717) is 16.8 Å². The van der Waals surface area contributed by atoms with Gasteiger partial charge in [0.05, 0.1) is 10.5 Å². The molecule has 1 aromatic heterocycles. The molecule has 1 heterocycles. The molecule has 0 aliphatic heterocycles. The molecule has 7 nitrogen and oxygen atoms in total. The van der Waals surface area contributed by atoms with Crippen molar-refractivity contribution >= 4 is 31.7 Å². The molecule has 0 saturated heterocycles. The fourth-order valence-corrected chi connectivity index (χ4v) is 3.19. The Hall–Kier alpha value is -1.74. The van der Waals surface area contributed by atoms with E-state index in [1.807, 2.05) is 0 Å². The minimum atomic E-state index is -3.76. The highest BCUT2D eigenvalue weighted by atomic mass is 79.9. The Kier molecular flexibility index (Phi) is 4.43. The smallest absolute Gasteiger partial charge is 0.336 e. The number of carboxylic acid groups (broad SMARTS) is 1. The molecule has 2 aromatic rings. The summed E-state index contributed by atoms with van der Waals surface area (Å²) in [6.07, 6.45) is 0.508. The molecule has 0 atom stereocenters. The standard InChI is InChI=1S/C12H11BrN2O5S/c1-2-10-14-15-11(20-10)6-21(18,19)7-3-4-9(13)8(5-7)12(16)17/h3-5H,2,6H2,1H3,(H,16,17). The van der Waals surface area contributed by atoms with Gasteiger partial charge in [0.1, 0.15) is 5.75 Å². The molecule has 0 unspecified atom stereocenters. The minimum absolute atomic E-state index is 0.0216. The van der Waals surface area contributed by atoms with Gasteiger partial charge < -0.3 is 9.52 Å². The lowest BCUT2D eigenvalue weighted by Crippen LogP contribution is -2.07. The summed E-state index contributed by atoms with van der Waals surface area (Å²) in [6.45, 7) is 1.81. The van der Waals surface area contributed by atoms with E-state index in [9.17, 15) is 13.2 Å². The van der Waals surface area contributed by atoms with E-state index >= 15 is 0 Å². The van der Waals surface area contributed by atoms with Gasteiger partial charge >= 0.3 is 5.97 Å². The van der Waals surface area contributed by atoms with Gasteiger partial charge in [-0.05, 0) is 34.1 Å². The third kappa shape index (κ3) is 3.48. The van der Waals surface area contributed by atoms with Crippen molar-refractivity contribution in [2.75, 3.05) is 0 Å². The van der Waals surface area contributed by atoms with Gasteiger partial charge in [-0.1, -0.05) is 6.92 Å². The Balaban J connectivity index is 2.35. The third-order valence-electron chi connectivity index (χ3n) is 2.65. The van der Waals surface area contributed by atoms with Gasteiger partial charge in [0, 0.05) is 10.9 Å². The molecule has 0 spiro atoms. The highest BCUT2D eigenvalue weighted by molar-refractivity contribution is 9.10. The number of rotatable bonds is 5. The van der Waals surface area contributed by atoms with E-state index < -0.39 is 21.6 Å². The third-order valence-corrected chi connectivity index (χ3v) is 4.94. The molecular weight excluding hydrogens is 364 g/mol. The summed E-state index contributed by atoms with van der Waals surface area (Å²) in [5, 5.41) is 16.4. The average Bonchev–Trinajstić information content (AvgIpc) is 2.85. The predicted octanol–water partition coefficient (Wildman–Crippen LogP) is 2.07. The van der Waals surface area contributed by atoms with Crippen LogP contribution in [0.2, 0.25) is 0 Å². The molecule has 0 radical (unpaired) electrons. The molecule has 1 aromatic carbocycles. The number of carbonyl (C=O) groups is 1. The molecule has 9 heteroatoms. The number of carboxylic acids is 1. The van der Waals surface area contributed by atoms with Crippen molar-refractivity contribution in [2.45, 2.75) is 24.0 Å². The molecule has 0 aliphatic carbocycles. The Morgan fingerprint density at radius 2 is 2.00 bits per heavy atom. The first-order chi connectivity index (χ1) is 9.83. The topological polar surface area (TPSA) is 110 Å². The molecule has 21 heavy (non-hydrogen) atoms. The molecule has 0 amide bonds. The zero-order chi connectivity index (χ0) is 15.6. The minimum Gasteiger partial charge on any atom is -0.478 e. The van der Waals surface area contributed by atoms with Crippen molar-refractivity contribution in [3.8, 4) is 0 Å². The highest BCUT2D eigenvalue weighted by Gasteiger charge is 2.21.